The fraction of sp³-hybridized carbons (Fsp3) is 0.533. The fourth-order valence-corrected chi connectivity index (χ4v) is 3.70. The van der Waals surface area contributed by atoms with Crippen molar-refractivity contribution in [3.63, 3.8) is 0 Å². The first kappa shape index (κ1) is 12.9. The lowest BCUT2D eigenvalue weighted by atomic mass is 9.86. The van der Waals surface area contributed by atoms with Crippen molar-refractivity contribution in [3.8, 4) is 10.6 Å². The fourth-order valence-electron chi connectivity index (χ4n) is 2.94. The van der Waals surface area contributed by atoms with Crippen molar-refractivity contribution >= 4 is 11.3 Å². The van der Waals surface area contributed by atoms with Gasteiger partial charge in [-0.05, 0) is 30.2 Å². The van der Waals surface area contributed by atoms with E-state index in [1.165, 1.54) is 41.8 Å². The second-order valence-corrected chi connectivity index (χ2v) is 6.44. The molecule has 19 heavy (non-hydrogen) atoms. The van der Waals surface area contributed by atoms with Gasteiger partial charge in [-0.1, -0.05) is 25.8 Å². The van der Waals surface area contributed by atoms with E-state index < -0.39 is 0 Å². The number of nitrogens with one attached hydrogen (secondary N) is 2. The number of hydrogen-bond acceptors (Lipinski definition) is 3. The molecule has 0 amide bonds. The smallest absolute Gasteiger partial charge is 0.0794 e. The number of hydrogen-bond donors (Lipinski definition) is 2. The average Bonchev–Trinajstić information content (AvgIpc) is 3.08. The number of H-pyrrole nitrogens is 1. The van der Waals surface area contributed by atoms with E-state index in [4.69, 9.17) is 0 Å². The monoisotopic (exact) mass is 275 g/mol. The van der Waals surface area contributed by atoms with E-state index in [1.807, 2.05) is 6.20 Å². The predicted molar refractivity (Wildman–Crippen MR) is 80.2 cm³/mol. The largest absolute Gasteiger partial charge is 0.310 e. The normalized spacial score (nSPS) is 23.6. The van der Waals surface area contributed by atoms with Gasteiger partial charge in [0.2, 0.25) is 0 Å². The molecule has 3 nitrogen and oxygen atoms in total. The maximum Gasteiger partial charge on any atom is 0.0794 e. The highest BCUT2D eigenvalue weighted by Crippen LogP contribution is 2.27. The Morgan fingerprint density at radius 2 is 2.32 bits per heavy atom. The van der Waals surface area contributed by atoms with Gasteiger partial charge in [0.1, 0.15) is 0 Å². The maximum absolute atomic E-state index is 4.20. The van der Waals surface area contributed by atoms with Gasteiger partial charge in [-0.25, -0.2) is 0 Å². The Balaban J connectivity index is 1.66. The van der Waals surface area contributed by atoms with Gasteiger partial charge in [-0.2, -0.15) is 5.10 Å². The Labute approximate surface area is 118 Å². The second-order valence-electron chi connectivity index (χ2n) is 5.50. The van der Waals surface area contributed by atoms with E-state index in [9.17, 15) is 0 Å². The van der Waals surface area contributed by atoms with Crippen LogP contribution in [0.3, 0.4) is 0 Å². The minimum Gasteiger partial charge on any atom is -0.310 e. The molecule has 0 aliphatic heterocycles. The summed E-state index contributed by atoms with van der Waals surface area (Å²) in [6.45, 7) is 3.28. The van der Waals surface area contributed by atoms with Crippen molar-refractivity contribution in [3.05, 3.63) is 29.3 Å². The average molecular weight is 275 g/mol. The molecule has 102 valence electrons. The van der Waals surface area contributed by atoms with Crippen molar-refractivity contribution in [1.82, 2.24) is 15.5 Å². The molecule has 2 aromatic heterocycles. The van der Waals surface area contributed by atoms with Crippen LogP contribution >= 0.6 is 11.3 Å². The van der Waals surface area contributed by atoms with Gasteiger partial charge in [0.15, 0.2) is 0 Å². The van der Waals surface area contributed by atoms with Crippen molar-refractivity contribution in [1.29, 1.82) is 0 Å². The number of thiophene rings is 1. The third-order valence-electron chi connectivity index (χ3n) is 4.15. The van der Waals surface area contributed by atoms with E-state index in [1.54, 1.807) is 11.3 Å². The van der Waals surface area contributed by atoms with Gasteiger partial charge in [0.05, 0.1) is 16.8 Å². The first-order valence-corrected chi connectivity index (χ1v) is 8.02. The Bertz CT molecular complexity index is 503. The zero-order valence-corrected chi connectivity index (χ0v) is 12.2. The van der Waals surface area contributed by atoms with Gasteiger partial charge in [0, 0.05) is 18.2 Å². The first-order valence-electron chi connectivity index (χ1n) is 7.14. The molecule has 1 aliphatic carbocycles. The molecule has 2 N–H and O–H groups in total. The van der Waals surface area contributed by atoms with Crippen LogP contribution in [0.2, 0.25) is 0 Å². The van der Waals surface area contributed by atoms with Crippen molar-refractivity contribution < 1.29 is 0 Å². The summed E-state index contributed by atoms with van der Waals surface area (Å²) in [5, 5.41) is 13.2. The summed E-state index contributed by atoms with van der Waals surface area (Å²) in [4.78, 5) is 1.27. The van der Waals surface area contributed by atoms with Crippen LogP contribution in [0.15, 0.2) is 23.7 Å². The molecule has 2 heterocycles. The zero-order chi connectivity index (χ0) is 13.1. The number of rotatable bonds is 4. The molecule has 3 rings (SSSR count). The van der Waals surface area contributed by atoms with Crippen molar-refractivity contribution in [2.24, 2.45) is 5.92 Å². The molecule has 2 atom stereocenters. The summed E-state index contributed by atoms with van der Waals surface area (Å²) in [6.07, 6.45) is 7.39. The van der Waals surface area contributed by atoms with E-state index in [0.717, 1.165) is 12.5 Å². The number of nitrogens with zero attached hydrogens (tertiary/aromatic N) is 1. The van der Waals surface area contributed by atoms with Gasteiger partial charge in [-0.15, -0.1) is 11.3 Å². The van der Waals surface area contributed by atoms with Crippen molar-refractivity contribution in [2.45, 2.75) is 45.2 Å². The lowest BCUT2D eigenvalue weighted by molar-refractivity contribution is 0.279. The number of aromatic amines is 1. The summed E-state index contributed by atoms with van der Waals surface area (Å²) in [6, 6.07) is 4.89. The van der Waals surface area contributed by atoms with Gasteiger partial charge in [0.25, 0.3) is 0 Å². The molecule has 2 aromatic rings. The molecular weight excluding hydrogens is 254 g/mol. The minimum atomic E-state index is 0.667. The molecule has 4 heteroatoms. The summed E-state index contributed by atoms with van der Waals surface area (Å²) >= 11 is 1.76. The van der Waals surface area contributed by atoms with E-state index >= 15 is 0 Å². The van der Waals surface area contributed by atoms with Crippen LogP contribution in [-0.2, 0) is 6.54 Å². The lowest BCUT2D eigenvalue weighted by Crippen LogP contribution is -2.36. The molecule has 0 saturated heterocycles. The first-order chi connectivity index (χ1) is 9.34. The quantitative estimate of drug-likeness (QED) is 0.891. The van der Waals surface area contributed by atoms with E-state index in [0.29, 0.717) is 6.04 Å². The summed E-state index contributed by atoms with van der Waals surface area (Å²) in [7, 11) is 0. The molecule has 0 radical (unpaired) electrons. The Kier molecular flexibility index (Phi) is 3.99. The highest BCUT2D eigenvalue weighted by molar-refractivity contribution is 7.13. The van der Waals surface area contributed by atoms with Crippen LogP contribution < -0.4 is 5.32 Å². The number of aromatic nitrogens is 2. The van der Waals surface area contributed by atoms with Crippen molar-refractivity contribution in [2.75, 3.05) is 0 Å². The molecular formula is C15H21N3S. The van der Waals surface area contributed by atoms with Crippen LogP contribution in [0.4, 0.5) is 0 Å². The predicted octanol–water partition coefficient (Wildman–Crippen LogP) is 3.81. The molecule has 0 aromatic carbocycles. The van der Waals surface area contributed by atoms with Crippen LogP contribution in [0.1, 0.15) is 38.2 Å². The standard InChI is InChI=1S/C15H21N3S/c1-11-5-2-3-6-13(11)16-9-12-10-17-18-15(12)14-7-4-8-19-14/h4,7-8,10-11,13,16H,2-3,5-6,9H2,1H3,(H,17,18). The third kappa shape index (κ3) is 2.90. The van der Waals surface area contributed by atoms with E-state index in [2.05, 4.69) is 40.0 Å². The highest BCUT2D eigenvalue weighted by atomic mass is 32.1. The zero-order valence-electron chi connectivity index (χ0n) is 11.4. The van der Waals surface area contributed by atoms with Gasteiger partial charge in [-0.3, -0.25) is 5.10 Å². The Hall–Kier alpha value is -1.13. The molecule has 1 fully saturated rings. The lowest BCUT2D eigenvalue weighted by Gasteiger charge is -2.29. The molecule has 1 aliphatic rings. The summed E-state index contributed by atoms with van der Waals surface area (Å²) in [5.41, 5.74) is 2.45. The summed E-state index contributed by atoms with van der Waals surface area (Å²) in [5.74, 6) is 0.797. The van der Waals surface area contributed by atoms with Crippen LogP contribution in [0.25, 0.3) is 10.6 Å². The van der Waals surface area contributed by atoms with Crippen LogP contribution in [0.5, 0.6) is 0 Å². The molecule has 2 unspecified atom stereocenters. The van der Waals surface area contributed by atoms with E-state index in [-0.39, 0.29) is 0 Å². The topological polar surface area (TPSA) is 40.7 Å². The molecule has 0 bridgehead atoms. The Morgan fingerprint density at radius 1 is 1.42 bits per heavy atom. The van der Waals surface area contributed by atoms with Crippen LogP contribution in [-0.4, -0.2) is 16.2 Å². The summed E-state index contributed by atoms with van der Waals surface area (Å²) < 4.78 is 0. The Morgan fingerprint density at radius 3 is 3.11 bits per heavy atom. The second kappa shape index (κ2) is 5.88. The minimum absolute atomic E-state index is 0.667. The molecule has 1 saturated carbocycles. The van der Waals surface area contributed by atoms with Gasteiger partial charge >= 0.3 is 0 Å². The third-order valence-corrected chi connectivity index (χ3v) is 5.04. The van der Waals surface area contributed by atoms with Gasteiger partial charge < -0.3 is 5.32 Å². The highest BCUT2D eigenvalue weighted by Gasteiger charge is 2.21. The SMILES string of the molecule is CC1CCCCC1NCc1cn[nH]c1-c1cccs1. The molecule has 0 spiro atoms. The maximum atomic E-state index is 4.20. The van der Waals surface area contributed by atoms with Crippen LogP contribution in [0, 0.1) is 5.92 Å².